The van der Waals surface area contributed by atoms with Gasteiger partial charge in [0.2, 0.25) is 11.7 Å². The Morgan fingerprint density at radius 2 is 1.77 bits per heavy atom. The standard InChI is InChI=1S/C24H33FN4O5Si/c1-14(34-35(5,6)24(2,3)4)21(30)27-28-22(31)16-11-18(12-16)26-23(32)20-13-19(29-33-20)15-7-9-17(25)10-8-15/h7-10,13-14,16,18H,11-12H2,1-6H3,(H,26,32)(H,27,30)(H,28,31). The molecule has 1 fully saturated rings. The number of nitrogens with zero attached hydrogens (tertiary/aromatic N) is 1. The Morgan fingerprint density at radius 1 is 1.14 bits per heavy atom. The van der Waals surface area contributed by atoms with Gasteiger partial charge in [-0.3, -0.25) is 25.2 Å². The van der Waals surface area contributed by atoms with E-state index < -0.39 is 26.2 Å². The zero-order chi connectivity index (χ0) is 26.0. The molecule has 190 valence electrons. The van der Waals surface area contributed by atoms with Crippen molar-refractivity contribution in [2.75, 3.05) is 0 Å². The number of hydrogen-bond acceptors (Lipinski definition) is 6. The fourth-order valence-corrected chi connectivity index (χ4v) is 4.69. The number of amides is 3. The van der Waals surface area contributed by atoms with Gasteiger partial charge in [-0.15, -0.1) is 0 Å². The predicted molar refractivity (Wildman–Crippen MR) is 130 cm³/mol. The first-order valence-corrected chi connectivity index (χ1v) is 14.5. The number of rotatable bonds is 7. The molecule has 1 unspecified atom stereocenters. The van der Waals surface area contributed by atoms with Gasteiger partial charge < -0.3 is 14.3 Å². The van der Waals surface area contributed by atoms with E-state index in [9.17, 15) is 18.8 Å². The molecule has 1 aliphatic rings. The van der Waals surface area contributed by atoms with Crippen LogP contribution in [-0.2, 0) is 14.0 Å². The highest BCUT2D eigenvalue weighted by Gasteiger charge is 2.40. The number of hydrogen-bond donors (Lipinski definition) is 3. The van der Waals surface area contributed by atoms with Gasteiger partial charge in [-0.1, -0.05) is 25.9 Å². The minimum Gasteiger partial charge on any atom is -0.405 e. The van der Waals surface area contributed by atoms with Crippen LogP contribution >= 0.6 is 0 Å². The molecular formula is C24H33FN4O5Si. The van der Waals surface area contributed by atoms with E-state index >= 15 is 0 Å². The van der Waals surface area contributed by atoms with E-state index in [1.54, 1.807) is 19.1 Å². The molecule has 1 aliphatic carbocycles. The minimum atomic E-state index is -2.12. The lowest BCUT2D eigenvalue weighted by molar-refractivity contribution is -0.136. The lowest BCUT2D eigenvalue weighted by Gasteiger charge is -2.38. The van der Waals surface area contributed by atoms with Crippen molar-refractivity contribution >= 4 is 26.0 Å². The molecule has 0 spiro atoms. The molecule has 3 amide bonds. The summed E-state index contributed by atoms with van der Waals surface area (Å²) in [6.45, 7) is 12.0. The van der Waals surface area contributed by atoms with Gasteiger partial charge in [0, 0.05) is 23.6 Å². The fourth-order valence-electron chi connectivity index (χ4n) is 3.34. The van der Waals surface area contributed by atoms with Gasteiger partial charge in [0.25, 0.3) is 11.8 Å². The van der Waals surface area contributed by atoms with Gasteiger partial charge in [-0.25, -0.2) is 4.39 Å². The molecule has 3 N–H and O–H groups in total. The summed E-state index contributed by atoms with van der Waals surface area (Å²) in [5, 5.41) is 6.61. The smallest absolute Gasteiger partial charge is 0.290 e. The maximum absolute atomic E-state index is 13.1. The van der Waals surface area contributed by atoms with Crippen molar-refractivity contribution in [2.24, 2.45) is 5.92 Å². The summed E-state index contributed by atoms with van der Waals surface area (Å²) in [6.07, 6.45) is 0.177. The fraction of sp³-hybridized carbons (Fsp3) is 0.500. The number of aromatic nitrogens is 1. The zero-order valence-electron chi connectivity index (χ0n) is 20.9. The van der Waals surface area contributed by atoms with Crippen molar-refractivity contribution in [1.82, 2.24) is 21.3 Å². The molecule has 11 heteroatoms. The lowest BCUT2D eigenvalue weighted by Crippen LogP contribution is -2.55. The van der Waals surface area contributed by atoms with Crippen LogP contribution in [0.1, 0.15) is 51.1 Å². The quantitative estimate of drug-likeness (QED) is 0.392. The van der Waals surface area contributed by atoms with Crippen molar-refractivity contribution in [1.29, 1.82) is 0 Å². The first-order valence-electron chi connectivity index (χ1n) is 11.6. The molecule has 9 nitrogen and oxygen atoms in total. The Kier molecular flexibility index (Phi) is 7.80. The summed E-state index contributed by atoms with van der Waals surface area (Å²) in [5.41, 5.74) is 5.93. The molecule has 1 aromatic heterocycles. The van der Waals surface area contributed by atoms with Gasteiger partial charge in [0.15, 0.2) is 8.32 Å². The van der Waals surface area contributed by atoms with Crippen LogP contribution < -0.4 is 16.2 Å². The molecule has 1 atom stereocenters. The SMILES string of the molecule is CC(O[Si](C)(C)C(C)(C)C)C(=O)NNC(=O)C1CC(NC(=O)c2cc(-c3ccc(F)cc3)no2)C1. The molecule has 1 saturated carbocycles. The topological polar surface area (TPSA) is 123 Å². The summed E-state index contributed by atoms with van der Waals surface area (Å²) in [7, 11) is -2.12. The van der Waals surface area contributed by atoms with E-state index in [4.69, 9.17) is 8.95 Å². The van der Waals surface area contributed by atoms with Crippen LogP contribution in [0.4, 0.5) is 4.39 Å². The largest absolute Gasteiger partial charge is 0.405 e. The van der Waals surface area contributed by atoms with Gasteiger partial charge in [0.05, 0.1) is 0 Å². The normalized spacial score (nSPS) is 18.8. The maximum Gasteiger partial charge on any atom is 0.290 e. The lowest BCUT2D eigenvalue weighted by atomic mass is 9.79. The summed E-state index contributed by atoms with van der Waals surface area (Å²) in [4.78, 5) is 37.1. The Morgan fingerprint density at radius 3 is 2.37 bits per heavy atom. The average Bonchev–Trinajstić information content (AvgIpc) is 3.23. The van der Waals surface area contributed by atoms with Crippen molar-refractivity contribution < 1.29 is 27.7 Å². The van der Waals surface area contributed by atoms with Crippen molar-refractivity contribution in [3.63, 3.8) is 0 Å². The van der Waals surface area contributed by atoms with Crippen LogP contribution in [0.15, 0.2) is 34.9 Å². The summed E-state index contributed by atoms with van der Waals surface area (Å²) < 4.78 is 24.2. The molecule has 1 heterocycles. The molecule has 3 rings (SSSR count). The summed E-state index contributed by atoms with van der Waals surface area (Å²) in [6, 6.07) is 6.97. The van der Waals surface area contributed by atoms with Gasteiger partial charge in [-0.2, -0.15) is 0 Å². The van der Waals surface area contributed by atoms with Gasteiger partial charge in [0.1, 0.15) is 17.6 Å². The number of halogens is 1. The number of carbonyl (C=O) groups is 3. The molecular weight excluding hydrogens is 471 g/mol. The Bertz CT molecular complexity index is 1070. The highest BCUT2D eigenvalue weighted by atomic mass is 28.4. The number of hydrazine groups is 1. The zero-order valence-corrected chi connectivity index (χ0v) is 21.9. The molecule has 35 heavy (non-hydrogen) atoms. The molecule has 0 saturated heterocycles. The number of benzene rings is 1. The number of carbonyl (C=O) groups excluding carboxylic acids is 3. The summed E-state index contributed by atoms with van der Waals surface area (Å²) in [5.74, 6) is -1.84. The van der Waals surface area contributed by atoms with Crippen LogP contribution in [0.2, 0.25) is 18.1 Å². The molecule has 0 radical (unpaired) electrons. The van der Waals surface area contributed by atoms with Crippen LogP contribution in [-0.4, -0.2) is 43.3 Å². The highest BCUT2D eigenvalue weighted by molar-refractivity contribution is 6.74. The first kappa shape index (κ1) is 26.5. The molecule has 1 aromatic carbocycles. The third-order valence-electron chi connectivity index (χ3n) is 6.67. The van der Waals surface area contributed by atoms with Gasteiger partial charge in [-0.05, 0) is 62.2 Å². The van der Waals surface area contributed by atoms with Crippen molar-refractivity contribution in [2.45, 2.75) is 70.8 Å². The van der Waals surface area contributed by atoms with E-state index in [2.05, 4.69) is 55.2 Å². The second kappa shape index (κ2) is 10.3. The highest BCUT2D eigenvalue weighted by Crippen LogP contribution is 2.37. The van der Waals surface area contributed by atoms with Crippen LogP contribution in [0.25, 0.3) is 11.3 Å². The Balaban J connectivity index is 1.41. The third-order valence-corrected chi connectivity index (χ3v) is 11.2. The van der Waals surface area contributed by atoms with E-state index in [1.807, 2.05) is 0 Å². The predicted octanol–water partition coefficient (Wildman–Crippen LogP) is 3.55. The number of nitrogens with one attached hydrogen (secondary N) is 3. The van der Waals surface area contributed by atoms with E-state index in [0.717, 1.165) is 0 Å². The second-order valence-corrected chi connectivity index (χ2v) is 15.2. The average molecular weight is 505 g/mol. The molecule has 2 aromatic rings. The second-order valence-electron chi connectivity index (χ2n) is 10.4. The Hall–Kier alpha value is -3.05. The van der Waals surface area contributed by atoms with Gasteiger partial charge >= 0.3 is 0 Å². The monoisotopic (exact) mass is 504 g/mol. The first-order chi connectivity index (χ1) is 16.3. The maximum atomic E-state index is 13.1. The van der Waals surface area contributed by atoms with E-state index in [-0.39, 0.29) is 34.5 Å². The minimum absolute atomic E-state index is 0.0280. The molecule has 0 bridgehead atoms. The van der Waals surface area contributed by atoms with Crippen LogP contribution in [0.5, 0.6) is 0 Å². The van der Waals surface area contributed by atoms with Crippen molar-refractivity contribution in [3.8, 4) is 11.3 Å². The third kappa shape index (κ3) is 6.54. The van der Waals surface area contributed by atoms with Crippen molar-refractivity contribution in [3.05, 3.63) is 41.9 Å². The van der Waals surface area contributed by atoms with Crippen LogP contribution in [0.3, 0.4) is 0 Å². The van der Waals surface area contributed by atoms with E-state index in [1.165, 1.54) is 18.2 Å². The summed E-state index contributed by atoms with van der Waals surface area (Å²) >= 11 is 0. The Labute approximate surface area is 205 Å². The van der Waals surface area contributed by atoms with E-state index in [0.29, 0.717) is 24.1 Å². The molecule has 0 aliphatic heterocycles. The van der Waals surface area contributed by atoms with Crippen LogP contribution in [0, 0.1) is 11.7 Å².